The van der Waals surface area contributed by atoms with Gasteiger partial charge < -0.3 is 18.6 Å². The molecule has 0 aliphatic heterocycles. The Morgan fingerprint density at radius 2 is 1.63 bits per heavy atom. The maximum Gasteiger partial charge on any atom is 0.235 e. The molecule has 1 aromatic heterocycles. The largest absolute Gasteiger partial charge is 0.497 e. The zero-order valence-electron chi connectivity index (χ0n) is 16.5. The maximum atomic E-state index is 12.9. The Morgan fingerprint density at radius 1 is 0.933 bits per heavy atom. The van der Waals surface area contributed by atoms with Crippen LogP contribution in [0, 0.1) is 6.92 Å². The number of hydrogen-bond donors (Lipinski definition) is 0. The fraction of sp³-hybridized carbons (Fsp3) is 0.125. The minimum atomic E-state index is -0.248. The molecule has 0 aliphatic carbocycles. The second-order valence-electron chi connectivity index (χ2n) is 6.63. The van der Waals surface area contributed by atoms with Crippen molar-refractivity contribution < 1.29 is 18.6 Å². The highest BCUT2D eigenvalue weighted by Gasteiger charge is 2.15. The van der Waals surface area contributed by atoms with Gasteiger partial charge in [-0.25, -0.2) is 0 Å². The normalized spacial score (nSPS) is 10.8. The van der Waals surface area contributed by atoms with Crippen LogP contribution in [-0.4, -0.2) is 7.11 Å². The number of hydrogen-bond acceptors (Lipinski definition) is 5. The Bertz CT molecular complexity index is 1240. The van der Waals surface area contributed by atoms with Crippen LogP contribution in [0.2, 0.25) is 5.02 Å². The summed E-state index contributed by atoms with van der Waals surface area (Å²) < 4.78 is 22.6. The van der Waals surface area contributed by atoms with Gasteiger partial charge in [0.1, 0.15) is 35.2 Å². The first-order valence-electron chi connectivity index (χ1n) is 9.31. The fourth-order valence-corrected chi connectivity index (χ4v) is 3.20. The molecule has 4 aromatic rings. The van der Waals surface area contributed by atoms with E-state index in [1.807, 2.05) is 24.3 Å². The van der Waals surface area contributed by atoms with E-state index >= 15 is 0 Å². The highest BCUT2D eigenvalue weighted by Crippen LogP contribution is 2.28. The Kier molecular flexibility index (Phi) is 5.63. The van der Waals surface area contributed by atoms with E-state index in [1.165, 1.54) is 0 Å². The molecule has 1 heterocycles. The third kappa shape index (κ3) is 4.11. The van der Waals surface area contributed by atoms with E-state index in [-0.39, 0.29) is 11.2 Å². The third-order valence-corrected chi connectivity index (χ3v) is 4.99. The van der Waals surface area contributed by atoms with Crippen LogP contribution in [-0.2, 0) is 6.61 Å². The molecular weight excluding hydrogens is 404 g/mol. The summed E-state index contributed by atoms with van der Waals surface area (Å²) in [6, 6.07) is 19.5. The topological polar surface area (TPSA) is 57.9 Å². The van der Waals surface area contributed by atoms with Crippen LogP contribution in [0.5, 0.6) is 23.0 Å². The maximum absolute atomic E-state index is 12.9. The first-order chi connectivity index (χ1) is 14.5. The van der Waals surface area contributed by atoms with E-state index < -0.39 is 0 Å². The highest BCUT2D eigenvalue weighted by molar-refractivity contribution is 6.31. The molecule has 0 bridgehead atoms. The molecule has 5 nitrogen and oxygen atoms in total. The third-order valence-electron chi connectivity index (χ3n) is 4.62. The van der Waals surface area contributed by atoms with Crippen molar-refractivity contribution in [3.05, 3.63) is 93.3 Å². The molecule has 0 spiro atoms. The number of ether oxygens (including phenoxy) is 3. The molecule has 0 radical (unpaired) electrons. The number of aryl methyl sites for hydroxylation is 1. The summed E-state index contributed by atoms with van der Waals surface area (Å²) in [6.07, 6.45) is 0. The zero-order chi connectivity index (χ0) is 21.1. The fourth-order valence-electron chi connectivity index (χ4n) is 3.01. The minimum absolute atomic E-state index is 0.150. The Labute approximate surface area is 178 Å². The van der Waals surface area contributed by atoms with Crippen LogP contribution in [0.1, 0.15) is 11.3 Å². The molecular formula is C24H19ClO5. The van der Waals surface area contributed by atoms with Crippen molar-refractivity contribution in [2.75, 3.05) is 7.11 Å². The van der Waals surface area contributed by atoms with E-state index in [9.17, 15) is 4.79 Å². The van der Waals surface area contributed by atoms with Gasteiger partial charge in [0, 0.05) is 16.7 Å². The number of rotatable bonds is 6. The average molecular weight is 423 g/mol. The highest BCUT2D eigenvalue weighted by atomic mass is 35.5. The van der Waals surface area contributed by atoms with Crippen molar-refractivity contribution in [3.8, 4) is 23.0 Å². The number of halogens is 1. The molecule has 0 saturated heterocycles. The summed E-state index contributed by atoms with van der Waals surface area (Å²) in [4.78, 5) is 12.9. The Morgan fingerprint density at radius 3 is 2.37 bits per heavy atom. The predicted octanol–water partition coefficient (Wildman–Crippen LogP) is 6.13. The van der Waals surface area contributed by atoms with Crippen molar-refractivity contribution in [1.29, 1.82) is 0 Å². The molecule has 0 amide bonds. The van der Waals surface area contributed by atoms with Gasteiger partial charge in [-0.2, -0.15) is 0 Å². The van der Waals surface area contributed by atoms with Gasteiger partial charge >= 0.3 is 0 Å². The number of benzene rings is 3. The summed E-state index contributed by atoms with van der Waals surface area (Å²) in [5.74, 6) is 2.33. The number of methoxy groups -OCH3 is 1. The molecule has 30 heavy (non-hydrogen) atoms. The van der Waals surface area contributed by atoms with Gasteiger partial charge in [0.15, 0.2) is 0 Å². The van der Waals surface area contributed by atoms with Crippen molar-refractivity contribution >= 4 is 22.6 Å². The standard InChI is InChI=1S/C24H19ClO5/c1-15-24(30-18-9-7-17(27-2)8-10-18)23(26)20-12-11-19(13-22(20)29-15)28-14-16-5-3-4-6-21(16)25/h3-13H,14H2,1-2H3. The quantitative estimate of drug-likeness (QED) is 0.374. The van der Waals surface area contributed by atoms with Crippen molar-refractivity contribution in [1.82, 2.24) is 0 Å². The zero-order valence-corrected chi connectivity index (χ0v) is 17.2. The second-order valence-corrected chi connectivity index (χ2v) is 7.04. The molecule has 4 rings (SSSR count). The van der Waals surface area contributed by atoms with Crippen LogP contribution in [0.25, 0.3) is 11.0 Å². The van der Waals surface area contributed by atoms with Gasteiger partial charge in [-0.1, -0.05) is 29.8 Å². The van der Waals surface area contributed by atoms with Gasteiger partial charge in [-0.05, 0) is 49.4 Å². The SMILES string of the molecule is COc1ccc(Oc2c(C)oc3cc(OCc4ccccc4Cl)ccc3c2=O)cc1. The van der Waals surface area contributed by atoms with Crippen LogP contribution in [0.15, 0.2) is 75.9 Å². The van der Waals surface area contributed by atoms with Crippen LogP contribution < -0.4 is 19.6 Å². The van der Waals surface area contributed by atoms with Crippen LogP contribution in [0.3, 0.4) is 0 Å². The molecule has 152 valence electrons. The monoisotopic (exact) mass is 422 g/mol. The Balaban J connectivity index is 1.60. The second kappa shape index (κ2) is 8.51. The lowest BCUT2D eigenvalue weighted by Gasteiger charge is -2.11. The van der Waals surface area contributed by atoms with E-state index in [1.54, 1.807) is 56.5 Å². The van der Waals surface area contributed by atoms with E-state index in [0.29, 0.717) is 45.6 Å². The van der Waals surface area contributed by atoms with E-state index in [2.05, 4.69) is 0 Å². The Hall–Kier alpha value is -3.44. The van der Waals surface area contributed by atoms with Crippen LogP contribution >= 0.6 is 11.6 Å². The molecule has 0 saturated carbocycles. The smallest absolute Gasteiger partial charge is 0.235 e. The summed E-state index contributed by atoms with van der Waals surface area (Å²) in [7, 11) is 1.59. The van der Waals surface area contributed by atoms with Crippen molar-refractivity contribution in [2.45, 2.75) is 13.5 Å². The molecule has 0 fully saturated rings. The summed E-state index contributed by atoms with van der Waals surface area (Å²) in [5, 5.41) is 1.05. The lowest BCUT2D eigenvalue weighted by atomic mass is 10.2. The molecule has 3 aromatic carbocycles. The number of fused-ring (bicyclic) bond motifs is 1. The summed E-state index contributed by atoms with van der Waals surface area (Å²) >= 11 is 6.17. The van der Waals surface area contributed by atoms with E-state index in [4.69, 9.17) is 30.2 Å². The molecule has 0 aliphatic rings. The van der Waals surface area contributed by atoms with E-state index in [0.717, 1.165) is 5.56 Å². The lowest BCUT2D eigenvalue weighted by molar-refractivity contribution is 0.306. The molecule has 0 N–H and O–H groups in total. The first-order valence-corrected chi connectivity index (χ1v) is 9.68. The molecule has 6 heteroatoms. The van der Waals surface area contributed by atoms with Crippen molar-refractivity contribution in [3.63, 3.8) is 0 Å². The average Bonchev–Trinajstić information content (AvgIpc) is 2.76. The van der Waals surface area contributed by atoms with Gasteiger partial charge in [0.2, 0.25) is 11.2 Å². The summed E-state index contributed by atoms with van der Waals surface area (Å²) in [6.45, 7) is 2.00. The van der Waals surface area contributed by atoms with Crippen LogP contribution in [0.4, 0.5) is 0 Å². The lowest BCUT2D eigenvalue weighted by Crippen LogP contribution is -2.07. The molecule has 0 unspecified atom stereocenters. The van der Waals surface area contributed by atoms with Gasteiger partial charge in [-0.15, -0.1) is 0 Å². The molecule has 0 atom stereocenters. The first kappa shape index (κ1) is 19.9. The predicted molar refractivity (Wildman–Crippen MR) is 116 cm³/mol. The van der Waals surface area contributed by atoms with Crippen molar-refractivity contribution in [2.24, 2.45) is 0 Å². The van der Waals surface area contributed by atoms with Gasteiger partial charge in [0.05, 0.1) is 12.5 Å². The van der Waals surface area contributed by atoms with Gasteiger partial charge in [-0.3, -0.25) is 4.79 Å². The van der Waals surface area contributed by atoms with Gasteiger partial charge in [0.25, 0.3) is 0 Å². The minimum Gasteiger partial charge on any atom is -0.497 e. The summed E-state index contributed by atoms with van der Waals surface area (Å²) in [5.41, 5.74) is 1.05.